The average Bonchev–Trinajstić information content (AvgIpc) is 3.23. The Morgan fingerprint density at radius 3 is 2.54 bits per heavy atom. The number of benzene rings is 2. The first-order valence-electron chi connectivity index (χ1n) is 13.4. The lowest BCUT2D eigenvalue weighted by atomic mass is 9.87. The third-order valence-electron chi connectivity index (χ3n) is 8.15. The number of rotatable bonds is 7. The molecule has 0 bridgehead atoms. The minimum Gasteiger partial charge on any atom is -0.353 e. The number of para-hydroxylation sites is 1. The smallest absolute Gasteiger partial charge is 0.221 e. The van der Waals surface area contributed by atoms with Gasteiger partial charge in [0.1, 0.15) is 5.82 Å². The molecule has 2 fully saturated rings. The zero-order valence-corrected chi connectivity index (χ0v) is 20.6. The first-order chi connectivity index (χ1) is 17.1. The molecule has 3 N–H and O–H groups in total. The van der Waals surface area contributed by atoms with E-state index in [9.17, 15) is 9.18 Å². The van der Waals surface area contributed by atoms with Crippen LogP contribution in [0.15, 0.2) is 54.7 Å². The minimum atomic E-state index is -0.264. The predicted octanol–water partition coefficient (Wildman–Crippen LogP) is 6.27. The van der Waals surface area contributed by atoms with E-state index in [1.807, 2.05) is 6.07 Å². The summed E-state index contributed by atoms with van der Waals surface area (Å²) in [5, 5.41) is 4.41. The molecule has 2 aliphatic carbocycles. The summed E-state index contributed by atoms with van der Waals surface area (Å²) in [6, 6.07) is 15.7. The molecule has 0 radical (unpaired) electrons. The number of carbonyl (C=O) groups is 1. The van der Waals surface area contributed by atoms with Crippen LogP contribution in [-0.4, -0.2) is 22.6 Å². The van der Waals surface area contributed by atoms with Crippen LogP contribution in [0.25, 0.3) is 10.9 Å². The van der Waals surface area contributed by atoms with E-state index in [1.165, 1.54) is 43.7 Å². The maximum absolute atomic E-state index is 14.3. The molecule has 0 saturated heterocycles. The van der Waals surface area contributed by atoms with Gasteiger partial charge in [-0.25, -0.2) is 4.39 Å². The second-order valence-corrected chi connectivity index (χ2v) is 10.7. The molecular weight excluding hydrogens is 437 g/mol. The van der Waals surface area contributed by atoms with Gasteiger partial charge in [-0.05, 0) is 73.8 Å². The zero-order valence-electron chi connectivity index (χ0n) is 20.6. The molecule has 1 aromatic heterocycles. The molecule has 5 heteroatoms. The van der Waals surface area contributed by atoms with Gasteiger partial charge in [-0.2, -0.15) is 0 Å². The fraction of sp³-hybridized carbons (Fsp3) is 0.500. The lowest BCUT2D eigenvalue weighted by Crippen LogP contribution is -2.40. The van der Waals surface area contributed by atoms with E-state index in [0.29, 0.717) is 12.3 Å². The van der Waals surface area contributed by atoms with Crippen molar-refractivity contribution in [2.24, 2.45) is 11.7 Å². The van der Waals surface area contributed by atoms with Gasteiger partial charge in [-0.1, -0.05) is 49.6 Å². The van der Waals surface area contributed by atoms with Gasteiger partial charge in [0.25, 0.3) is 0 Å². The molecule has 35 heavy (non-hydrogen) atoms. The summed E-state index contributed by atoms with van der Waals surface area (Å²) in [6.07, 6.45) is 12.8. The fourth-order valence-corrected chi connectivity index (χ4v) is 6.22. The molecule has 4 nitrogen and oxygen atoms in total. The van der Waals surface area contributed by atoms with Crippen LogP contribution in [0.5, 0.6) is 0 Å². The molecule has 5 rings (SSSR count). The summed E-state index contributed by atoms with van der Waals surface area (Å²) >= 11 is 0. The van der Waals surface area contributed by atoms with Crippen molar-refractivity contribution in [1.29, 1.82) is 0 Å². The van der Waals surface area contributed by atoms with Crippen LogP contribution >= 0.6 is 0 Å². The molecule has 1 amide bonds. The van der Waals surface area contributed by atoms with Crippen LogP contribution in [0.1, 0.15) is 81.3 Å². The normalized spacial score (nSPS) is 22.2. The van der Waals surface area contributed by atoms with Gasteiger partial charge in [-0.15, -0.1) is 0 Å². The van der Waals surface area contributed by atoms with E-state index < -0.39 is 0 Å². The molecule has 2 saturated carbocycles. The monoisotopic (exact) mass is 475 g/mol. The standard InChI is InChI=1S/C30H38FN3O/c31-23-10-6-9-22(17-23)27(18-30(35)33-25-15-13-24(32)14-16-25)28-20-34(19-21-7-2-1-3-8-21)29-12-5-4-11-26(28)29/h4-6,9-12,17,20-21,24-25,27H,1-3,7-8,13-16,18-19,32H2,(H,33,35). The van der Waals surface area contributed by atoms with E-state index >= 15 is 0 Å². The number of carbonyl (C=O) groups excluding carboxylic acids is 1. The number of fused-ring (bicyclic) bond motifs is 1. The predicted molar refractivity (Wildman–Crippen MR) is 140 cm³/mol. The van der Waals surface area contributed by atoms with Crippen molar-refractivity contribution >= 4 is 16.8 Å². The second-order valence-electron chi connectivity index (χ2n) is 10.7. The summed E-state index contributed by atoms with van der Waals surface area (Å²) in [7, 11) is 0. The van der Waals surface area contributed by atoms with Crippen LogP contribution in [0.3, 0.4) is 0 Å². The molecule has 1 unspecified atom stereocenters. The van der Waals surface area contributed by atoms with Gasteiger partial charge >= 0.3 is 0 Å². The van der Waals surface area contributed by atoms with Crippen molar-refractivity contribution in [3.63, 3.8) is 0 Å². The Hall–Kier alpha value is -2.66. The fourth-order valence-electron chi connectivity index (χ4n) is 6.22. The van der Waals surface area contributed by atoms with Crippen molar-refractivity contribution in [1.82, 2.24) is 9.88 Å². The summed E-state index contributed by atoms with van der Waals surface area (Å²) in [5.74, 6) is 0.263. The van der Waals surface area contributed by atoms with E-state index in [4.69, 9.17) is 5.73 Å². The van der Waals surface area contributed by atoms with E-state index in [0.717, 1.165) is 48.7 Å². The Morgan fingerprint density at radius 1 is 1.00 bits per heavy atom. The lowest BCUT2D eigenvalue weighted by molar-refractivity contribution is -0.122. The molecule has 186 valence electrons. The number of aromatic nitrogens is 1. The van der Waals surface area contributed by atoms with Crippen LogP contribution in [0.2, 0.25) is 0 Å². The molecular formula is C30H38FN3O. The summed E-state index contributed by atoms with van der Waals surface area (Å²) in [6.45, 7) is 1.00. The SMILES string of the molecule is NC1CCC(NC(=O)CC(c2cccc(F)c2)c2cn(CC3CCCCC3)c3ccccc23)CC1. The summed E-state index contributed by atoms with van der Waals surface area (Å²) in [4.78, 5) is 13.3. The third-order valence-corrected chi connectivity index (χ3v) is 8.15. The summed E-state index contributed by atoms with van der Waals surface area (Å²) < 4.78 is 16.7. The molecule has 1 atom stereocenters. The molecule has 0 spiro atoms. The number of halogens is 1. The van der Waals surface area contributed by atoms with Crippen LogP contribution in [0, 0.1) is 11.7 Å². The van der Waals surface area contributed by atoms with Crippen LogP contribution in [-0.2, 0) is 11.3 Å². The number of nitrogens with two attached hydrogens (primary N) is 1. The van der Waals surface area contributed by atoms with Crippen LogP contribution < -0.4 is 11.1 Å². The number of amides is 1. The quantitative estimate of drug-likeness (QED) is 0.423. The molecule has 1 heterocycles. The van der Waals surface area contributed by atoms with Crippen LogP contribution in [0.4, 0.5) is 4.39 Å². The van der Waals surface area contributed by atoms with Gasteiger partial charge in [0.15, 0.2) is 0 Å². The highest BCUT2D eigenvalue weighted by molar-refractivity contribution is 5.86. The van der Waals surface area contributed by atoms with Gasteiger partial charge in [0, 0.05) is 48.1 Å². The Labute approximate surface area is 208 Å². The van der Waals surface area contributed by atoms with Gasteiger partial charge in [0.05, 0.1) is 0 Å². The van der Waals surface area contributed by atoms with Gasteiger partial charge < -0.3 is 15.6 Å². The van der Waals surface area contributed by atoms with Crippen molar-refractivity contribution in [3.8, 4) is 0 Å². The summed E-state index contributed by atoms with van der Waals surface area (Å²) in [5.41, 5.74) is 9.22. The number of hydrogen-bond donors (Lipinski definition) is 2. The lowest BCUT2D eigenvalue weighted by Gasteiger charge is -2.27. The van der Waals surface area contributed by atoms with Gasteiger partial charge in [0.2, 0.25) is 5.91 Å². The largest absolute Gasteiger partial charge is 0.353 e. The highest BCUT2D eigenvalue weighted by Crippen LogP contribution is 2.36. The molecule has 2 aromatic carbocycles. The number of nitrogens with one attached hydrogen (secondary N) is 1. The maximum Gasteiger partial charge on any atom is 0.221 e. The highest BCUT2D eigenvalue weighted by atomic mass is 19.1. The van der Waals surface area contributed by atoms with Crippen molar-refractivity contribution < 1.29 is 9.18 Å². The van der Waals surface area contributed by atoms with E-state index in [-0.39, 0.29) is 29.7 Å². The second kappa shape index (κ2) is 10.9. The average molecular weight is 476 g/mol. The zero-order chi connectivity index (χ0) is 24.2. The first-order valence-corrected chi connectivity index (χ1v) is 13.4. The van der Waals surface area contributed by atoms with E-state index in [2.05, 4.69) is 40.3 Å². The van der Waals surface area contributed by atoms with Crippen molar-refractivity contribution in [3.05, 3.63) is 71.7 Å². The Bertz CT molecular complexity index is 1140. The topological polar surface area (TPSA) is 60.0 Å². The maximum atomic E-state index is 14.3. The Morgan fingerprint density at radius 2 is 1.77 bits per heavy atom. The number of nitrogens with zero attached hydrogens (tertiary/aromatic N) is 1. The minimum absolute atomic E-state index is 0.0313. The highest BCUT2D eigenvalue weighted by Gasteiger charge is 2.26. The third kappa shape index (κ3) is 5.78. The molecule has 2 aliphatic rings. The Kier molecular flexibility index (Phi) is 7.52. The molecule has 0 aliphatic heterocycles. The van der Waals surface area contributed by atoms with E-state index in [1.54, 1.807) is 12.1 Å². The molecule has 3 aromatic rings. The van der Waals surface area contributed by atoms with Crippen molar-refractivity contribution in [2.75, 3.05) is 0 Å². The number of hydrogen-bond acceptors (Lipinski definition) is 2. The van der Waals surface area contributed by atoms with Crippen molar-refractivity contribution in [2.45, 2.75) is 88.8 Å². The van der Waals surface area contributed by atoms with Gasteiger partial charge in [-0.3, -0.25) is 4.79 Å². The first kappa shape index (κ1) is 24.1. The Balaban J connectivity index is 1.45.